The Morgan fingerprint density at radius 2 is 1.12 bits per heavy atom. The molecule has 1 aromatic heterocycles. The van der Waals surface area contributed by atoms with Gasteiger partial charge in [-0.25, -0.2) is 4.98 Å². The molecule has 2 saturated heterocycles. The van der Waals surface area contributed by atoms with Crippen molar-refractivity contribution in [1.29, 1.82) is 0 Å². The van der Waals surface area contributed by atoms with Crippen LogP contribution in [-0.2, 0) is 0 Å². The molecule has 0 radical (unpaired) electrons. The summed E-state index contributed by atoms with van der Waals surface area (Å²) in [5, 5.41) is 0. The highest BCUT2D eigenvalue weighted by Crippen LogP contribution is 2.26. The van der Waals surface area contributed by atoms with Crippen LogP contribution >= 0.6 is 0 Å². The summed E-state index contributed by atoms with van der Waals surface area (Å²) in [6.07, 6.45) is 6.41. The van der Waals surface area contributed by atoms with Gasteiger partial charge in [0.1, 0.15) is 11.4 Å². The predicted octanol–water partition coefficient (Wildman–Crippen LogP) is 3.89. The zero-order valence-corrected chi connectivity index (χ0v) is 16.4. The molecule has 2 aliphatic rings. The molecule has 0 saturated carbocycles. The number of carbonyl (C=O) groups is 2. The zero-order chi connectivity index (χ0) is 18.8. The highest BCUT2D eigenvalue weighted by atomic mass is 16.2. The van der Waals surface area contributed by atoms with Crippen LogP contribution in [0.15, 0.2) is 18.2 Å². The first-order chi connectivity index (χ1) is 12.4. The van der Waals surface area contributed by atoms with Crippen LogP contribution in [-0.4, -0.2) is 50.8 Å². The van der Waals surface area contributed by atoms with Gasteiger partial charge in [-0.2, -0.15) is 0 Å². The normalized spacial score (nSPS) is 29.5. The molecule has 0 aromatic carbocycles. The van der Waals surface area contributed by atoms with E-state index in [1.54, 1.807) is 18.2 Å². The molecule has 26 heavy (non-hydrogen) atoms. The Kier molecular flexibility index (Phi) is 5.64. The molecule has 0 bridgehead atoms. The van der Waals surface area contributed by atoms with Crippen LogP contribution < -0.4 is 0 Å². The molecule has 0 N–H and O–H groups in total. The summed E-state index contributed by atoms with van der Waals surface area (Å²) in [4.78, 5) is 34.4. The molecule has 2 aliphatic heterocycles. The van der Waals surface area contributed by atoms with E-state index in [2.05, 4.69) is 32.7 Å². The van der Waals surface area contributed by atoms with Crippen LogP contribution in [0.4, 0.5) is 0 Å². The third-order valence-corrected chi connectivity index (χ3v) is 6.04. The molecule has 1 aromatic rings. The van der Waals surface area contributed by atoms with Crippen molar-refractivity contribution in [3.8, 4) is 0 Å². The fourth-order valence-electron chi connectivity index (χ4n) is 4.58. The quantitative estimate of drug-likeness (QED) is 0.807. The van der Waals surface area contributed by atoms with Crippen molar-refractivity contribution in [2.75, 3.05) is 0 Å². The summed E-state index contributed by atoms with van der Waals surface area (Å²) in [5.74, 6) is -0.113. The lowest BCUT2D eigenvalue weighted by Crippen LogP contribution is -2.48. The van der Waals surface area contributed by atoms with Crippen LogP contribution in [0.5, 0.6) is 0 Å². The number of carbonyl (C=O) groups excluding carboxylic acids is 2. The molecule has 0 unspecified atom stereocenters. The fraction of sp³-hybridized carbons (Fsp3) is 0.667. The lowest BCUT2D eigenvalue weighted by molar-refractivity contribution is 0.0497. The smallest absolute Gasteiger partial charge is 0.272 e. The summed E-state index contributed by atoms with van der Waals surface area (Å²) >= 11 is 0. The maximum Gasteiger partial charge on any atom is 0.272 e. The standard InChI is InChI=1S/C21H31N3O2/c1-14-8-5-9-15(2)23(14)20(25)18-12-7-13-19(22-18)21(26)24-16(3)10-6-11-17(24)4/h7,12-17H,5-6,8-11H2,1-4H3/t14-,15-,16-,17+/m0/s1. The number of hydrogen-bond acceptors (Lipinski definition) is 3. The first kappa shape index (κ1) is 18.9. The van der Waals surface area contributed by atoms with E-state index in [1.165, 1.54) is 0 Å². The number of amides is 2. The SMILES string of the molecule is C[C@@H]1CCC[C@H](C)N1C(=O)c1cccc(C(=O)N2[C@@H](C)CCC[C@@H]2C)n1. The van der Waals surface area contributed by atoms with Crippen LogP contribution in [0.1, 0.15) is 87.2 Å². The van der Waals surface area contributed by atoms with E-state index in [1.807, 2.05) is 9.80 Å². The van der Waals surface area contributed by atoms with Crippen molar-refractivity contribution in [3.63, 3.8) is 0 Å². The number of rotatable bonds is 2. The molecular formula is C21H31N3O2. The molecule has 0 spiro atoms. The number of aromatic nitrogens is 1. The van der Waals surface area contributed by atoms with Gasteiger partial charge >= 0.3 is 0 Å². The lowest BCUT2D eigenvalue weighted by atomic mass is 9.96. The molecule has 5 nitrogen and oxygen atoms in total. The largest absolute Gasteiger partial charge is 0.332 e. The summed E-state index contributed by atoms with van der Waals surface area (Å²) in [6, 6.07) is 6.12. The number of pyridine rings is 1. The van der Waals surface area contributed by atoms with Crippen molar-refractivity contribution >= 4 is 11.8 Å². The molecule has 3 rings (SSSR count). The van der Waals surface area contributed by atoms with Crippen LogP contribution in [0, 0.1) is 0 Å². The molecule has 4 atom stereocenters. The molecule has 2 amide bonds. The Labute approximate surface area is 156 Å². The van der Waals surface area contributed by atoms with Crippen molar-refractivity contribution < 1.29 is 9.59 Å². The average molecular weight is 357 g/mol. The van der Waals surface area contributed by atoms with Gasteiger partial charge in [0.25, 0.3) is 11.8 Å². The average Bonchev–Trinajstić information content (AvgIpc) is 2.61. The Hall–Kier alpha value is -1.91. The molecular weight excluding hydrogens is 326 g/mol. The first-order valence-corrected chi connectivity index (χ1v) is 10.0. The number of piperidine rings is 2. The van der Waals surface area contributed by atoms with Gasteiger partial charge in [0, 0.05) is 24.2 Å². The van der Waals surface area contributed by atoms with E-state index in [9.17, 15) is 9.59 Å². The second-order valence-electron chi connectivity index (χ2n) is 8.09. The molecule has 3 heterocycles. The van der Waals surface area contributed by atoms with Gasteiger partial charge in [0.2, 0.25) is 0 Å². The van der Waals surface area contributed by atoms with Gasteiger partial charge in [0.05, 0.1) is 0 Å². The van der Waals surface area contributed by atoms with Crippen molar-refractivity contribution in [3.05, 3.63) is 29.6 Å². The van der Waals surface area contributed by atoms with Gasteiger partial charge in [-0.3, -0.25) is 9.59 Å². The minimum Gasteiger partial charge on any atom is -0.332 e. The van der Waals surface area contributed by atoms with Gasteiger partial charge in [0.15, 0.2) is 0 Å². The van der Waals surface area contributed by atoms with Crippen LogP contribution in [0.2, 0.25) is 0 Å². The Bertz CT molecular complexity index is 602. The van der Waals surface area contributed by atoms with Gasteiger partial charge in [-0.15, -0.1) is 0 Å². The van der Waals surface area contributed by atoms with E-state index in [0.717, 1.165) is 38.5 Å². The van der Waals surface area contributed by atoms with Crippen molar-refractivity contribution in [2.45, 2.75) is 90.4 Å². The van der Waals surface area contributed by atoms with E-state index in [0.29, 0.717) is 11.4 Å². The highest BCUT2D eigenvalue weighted by Gasteiger charge is 2.33. The predicted molar refractivity (Wildman–Crippen MR) is 102 cm³/mol. The van der Waals surface area contributed by atoms with Crippen LogP contribution in [0.3, 0.4) is 0 Å². The summed E-state index contributed by atoms with van der Waals surface area (Å²) in [6.45, 7) is 8.39. The third kappa shape index (κ3) is 3.62. The van der Waals surface area contributed by atoms with Gasteiger partial charge in [-0.1, -0.05) is 6.07 Å². The Balaban J connectivity index is 1.83. The number of likely N-dealkylation sites (tertiary alicyclic amines) is 2. The minimum atomic E-state index is -0.0564. The van der Waals surface area contributed by atoms with Gasteiger partial charge < -0.3 is 9.80 Å². The minimum absolute atomic E-state index is 0.0564. The topological polar surface area (TPSA) is 53.5 Å². The third-order valence-electron chi connectivity index (χ3n) is 6.04. The number of hydrogen-bond donors (Lipinski definition) is 0. The van der Waals surface area contributed by atoms with Gasteiger partial charge in [-0.05, 0) is 78.4 Å². The fourth-order valence-corrected chi connectivity index (χ4v) is 4.58. The lowest BCUT2D eigenvalue weighted by Gasteiger charge is -2.39. The molecule has 0 aliphatic carbocycles. The monoisotopic (exact) mass is 357 g/mol. The highest BCUT2D eigenvalue weighted by molar-refractivity contribution is 5.96. The molecule has 142 valence electrons. The summed E-state index contributed by atoms with van der Waals surface area (Å²) in [7, 11) is 0. The van der Waals surface area contributed by atoms with E-state index in [4.69, 9.17) is 0 Å². The van der Waals surface area contributed by atoms with E-state index in [-0.39, 0.29) is 36.0 Å². The molecule has 5 heteroatoms. The van der Waals surface area contributed by atoms with E-state index < -0.39 is 0 Å². The van der Waals surface area contributed by atoms with E-state index >= 15 is 0 Å². The summed E-state index contributed by atoms with van der Waals surface area (Å²) < 4.78 is 0. The van der Waals surface area contributed by atoms with Crippen molar-refractivity contribution in [2.24, 2.45) is 0 Å². The van der Waals surface area contributed by atoms with Crippen LogP contribution in [0.25, 0.3) is 0 Å². The maximum atomic E-state index is 13.0. The summed E-state index contributed by atoms with van der Waals surface area (Å²) in [5.41, 5.74) is 0.766. The molecule has 2 fully saturated rings. The second kappa shape index (κ2) is 7.77. The zero-order valence-electron chi connectivity index (χ0n) is 16.4. The first-order valence-electron chi connectivity index (χ1n) is 10.0. The Morgan fingerprint density at radius 1 is 0.769 bits per heavy atom. The van der Waals surface area contributed by atoms with Crippen molar-refractivity contribution in [1.82, 2.24) is 14.8 Å². The maximum absolute atomic E-state index is 13.0. The number of nitrogens with zero attached hydrogens (tertiary/aromatic N) is 3. The Morgan fingerprint density at radius 3 is 1.46 bits per heavy atom. The second-order valence-corrected chi connectivity index (χ2v) is 8.09.